The lowest BCUT2D eigenvalue weighted by Gasteiger charge is -2.22. The maximum Gasteiger partial charge on any atom is 0.507 e. The summed E-state index contributed by atoms with van der Waals surface area (Å²) in [6.45, 7) is 0.0563. The number of carboxylic acid groups (broad SMARTS) is 1. The molecule has 35 heavy (non-hydrogen) atoms. The summed E-state index contributed by atoms with van der Waals surface area (Å²) in [5.41, 5.74) is 2.18. The van der Waals surface area contributed by atoms with E-state index in [0.29, 0.717) is 21.7 Å². The third-order valence-electron chi connectivity index (χ3n) is 6.95. The van der Waals surface area contributed by atoms with Crippen LogP contribution in [0, 0.1) is 5.82 Å². The maximum absolute atomic E-state index is 15.2. The monoisotopic (exact) mass is 491 g/mol. The molecular formula is C26H22FN3O4S. The number of halogens is 1. The highest BCUT2D eigenvalue weighted by Crippen LogP contribution is 2.53. The number of nitrogens with zero attached hydrogens (tertiary/aromatic N) is 2. The summed E-state index contributed by atoms with van der Waals surface area (Å²) >= 11 is 1.34. The van der Waals surface area contributed by atoms with Gasteiger partial charge in [-0.15, -0.1) is 0 Å². The number of carbonyl (C=O) groups is 1. The zero-order valence-electron chi connectivity index (χ0n) is 18.6. The van der Waals surface area contributed by atoms with Gasteiger partial charge in [-0.05, 0) is 48.2 Å². The van der Waals surface area contributed by atoms with Crippen molar-refractivity contribution in [3.8, 4) is 10.6 Å². The number of aromatic nitrogens is 2. The number of benzene rings is 2. The Hall–Kier alpha value is -3.40. The fraction of sp³-hybridized carbons (Fsp3) is 0.269. The van der Waals surface area contributed by atoms with Gasteiger partial charge in [0.15, 0.2) is 6.23 Å². The van der Waals surface area contributed by atoms with Gasteiger partial charge in [-0.25, -0.2) is 19.2 Å². The van der Waals surface area contributed by atoms with Crippen LogP contribution in [0.15, 0.2) is 60.7 Å². The first kappa shape index (κ1) is 22.1. The largest absolute Gasteiger partial charge is 0.507 e. The number of nitrogens with one attached hydrogen (secondary N) is 1. The molecule has 3 N–H and O–H groups in total. The van der Waals surface area contributed by atoms with Crippen LogP contribution in [-0.2, 0) is 15.8 Å². The van der Waals surface area contributed by atoms with E-state index in [1.165, 1.54) is 23.0 Å². The van der Waals surface area contributed by atoms with E-state index in [4.69, 9.17) is 10.1 Å². The van der Waals surface area contributed by atoms with Crippen LogP contribution in [0.5, 0.6) is 0 Å². The summed E-state index contributed by atoms with van der Waals surface area (Å²) in [6.07, 6.45) is -0.191. The minimum atomic E-state index is -1.43. The number of thiazole rings is 1. The number of ether oxygens (including phenoxy) is 1. The van der Waals surface area contributed by atoms with Gasteiger partial charge in [-0.1, -0.05) is 47.7 Å². The molecule has 1 saturated carbocycles. The number of rotatable bonds is 5. The molecule has 0 bridgehead atoms. The van der Waals surface area contributed by atoms with Crippen molar-refractivity contribution in [2.45, 2.75) is 36.5 Å². The lowest BCUT2D eigenvalue weighted by atomic mass is 9.92. The van der Waals surface area contributed by atoms with Crippen molar-refractivity contribution >= 4 is 27.8 Å². The third kappa shape index (κ3) is 3.85. The van der Waals surface area contributed by atoms with Crippen molar-refractivity contribution in [3.05, 3.63) is 83.3 Å². The van der Waals surface area contributed by atoms with E-state index in [1.54, 1.807) is 12.1 Å². The lowest BCUT2D eigenvalue weighted by molar-refractivity contribution is 0.0153. The molecule has 1 aliphatic carbocycles. The molecular weight excluding hydrogens is 469 g/mol. The lowest BCUT2D eigenvalue weighted by Crippen LogP contribution is -2.28. The van der Waals surface area contributed by atoms with Gasteiger partial charge < -0.3 is 14.9 Å². The van der Waals surface area contributed by atoms with Crippen LogP contribution < -0.4 is 5.32 Å². The minimum Gasteiger partial charge on any atom is -0.450 e. The van der Waals surface area contributed by atoms with Gasteiger partial charge in [0.1, 0.15) is 26.8 Å². The first-order valence-corrected chi connectivity index (χ1v) is 12.2. The van der Waals surface area contributed by atoms with Crippen molar-refractivity contribution in [1.82, 2.24) is 15.3 Å². The second-order valence-electron chi connectivity index (χ2n) is 9.17. The second kappa shape index (κ2) is 8.08. The number of β-amino-alcohol motifs (C(OH)–C–C–N with tert-alkyl or cyclic N) is 1. The zero-order valence-corrected chi connectivity index (χ0v) is 19.4. The van der Waals surface area contributed by atoms with E-state index in [0.717, 1.165) is 23.4 Å². The molecule has 1 saturated heterocycles. The Morgan fingerprint density at radius 1 is 1.09 bits per heavy atom. The van der Waals surface area contributed by atoms with Crippen molar-refractivity contribution in [3.63, 3.8) is 0 Å². The highest BCUT2D eigenvalue weighted by atomic mass is 32.1. The topological polar surface area (TPSA) is 105 Å². The standard InChI is InChI=1S/C26H22FN3O4S/c27-18-12-16(26(33)13-21(28-14-26)34-24(31)32)6-7-17(18)22-29-19-8-9-20(30-23(19)35-22)25(10-11-25)15-4-2-1-3-5-15/h1-9,12,21,28,33H,10-11,13-14H2,(H,31,32)/t21-,26-/m0/s1. The highest BCUT2D eigenvalue weighted by Gasteiger charge is 2.47. The van der Waals surface area contributed by atoms with Crippen LogP contribution in [0.25, 0.3) is 20.9 Å². The first-order valence-electron chi connectivity index (χ1n) is 11.4. The maximum atomic E-state index is 15.2. The number of hydrogen-bond donors (Lipinski definition) is 3. The normalized spacial score (nSPS) is 22.9. The molecule has 0 spiro atoms. The molecule has 9 heteroatoms. The van der Waals surface area contributed by atoms with Gasteiger partial charge in [-0.2, -0.15) is 0 Å². The molecule has 0 amide bonds. The number of fused-ring (bicyclic) bond motifs is 1. The Labute approximate surface area is 204 Å². The summed E-state index contributed by atoms with van der Waals surface area (Å²) in [7, 11) is 0. The highest BCUT2D eigenvalue weighted by molar-refractivity contribution is 7.21. The summed E-state index contributed by atoms with van der Waals surface area (Å²) in [6, 6.07) is 18.9. The Morgan fingerprint density at radius 3 is 2.60 bits per heavy atom. The van der Waals surface area contributed by atoms with E-state index in [9.17, 15) is 9.90 Å². The van der Waals surface area contributed by atoms with Gasteiger partial charge in [0.2, 0.25) is 0 Å². The fourth-order valence-corrected chi connectivity index (χ4v) is 5.88. The molecule has 1 aliphatic heterocycles. The molecule has 0 radical (unpaired) electrons. The summed E-state index contributed by atoms with van der Waals surface area (Å²) in [5, 5.41) is 23.0. The van der Waals surface area contributed by atoms with E-state index in [1.807, 2.05) is 30.3 Å². The van der Waals surface area contributed by atoms with E-state index in [2.05, 4.69) is 27.2 Å². The van der Waals surface area contributed by atoms with Crippen LogP contribution in [-0.4, -0.2) is 39.1 Å². The SMILES string of the molecule is O=C(O)O[C@H]1C[C@@](O)(c2ccc(-c3nc4ccc(C5(c6ccccc6)CC5)nc4s3)c(F)c2)CN1. The van der Waals surface area contributed by atoms with Crippen LogP contribution in [0.3, 0.4) is 0 Å². The van der Waals surface area contributed by atoms with Crippen molar-refractivity contribution < 1.29 is 24.1 Å². The number of pyridine rings is 1. The van der Waals surface area contributed by atoms with Crippen molar-refractivity contribution in [2.75, 3.05) is 6.54 Å². The molecule has 2 aromatic heterocycles. The smallest absolute Gasteiger partial charge is 0.450 e. The molecule has 2 aromatic carbocycles. The molecule has 4 aromatic rings. The molecule has 2 aliphatic rings. The fourth-order valence-electron chi connectivity index (χ4n) is 4.91. The number of hydrogen-bond acceptors (Lipinski definition) is 7. The molecule has 7 nitrogen and oxygen atoms in total. The van der Waals surface area contributed by atoms with Crippen molar-refractivity contribution in [1.29, 1.82) is 0 Å². The van der Waals surface area contributed by atoms with Crippen LogP contribution in [0.1, 0.15) is 36.1 Å². The molecule has 3 heterocycles. The number of aliphatic hydroxyl groups is 1. The van der Waals surface area contributed by atoms with E-state index in [-0.39, 0.29) is 18.4 Å². The molecule has 2 atom stereocenters. The predicted molar refractivity (Wildman–Crippen MR) is 129 cm³/mol. The van der Waals surface area contributed by atoms with Gasteiger partial charge in [0.25, 0.3) is 0 Å². The van der Waals surface area contributed by atoms with Gasteiger partial charge in [-0.3, -0.25) is 5.32 Å². The predicted octanol–water partition coefficient (Wildman–Crippen LogP) is 4.78. The minimum absolute atomic E-state index is 0.00488. The average molecular weight is 492 g/mol. The zero-order chi connectivity index (χ0) is 24.2. The van der Waals surface area contributed by atoms with Crippen LogP contribution >= 0.6 is 11.3 Å². The Morgan fingerprint density at radius 2 is 1.89 bits per heavy atom. The average Bonchev–Trinajstić information content (AvgIpc) is 3.42. The quantitative estimate of drug-likeness (QED) is 0.345. The van der Waals surface area contributed by atoms with Crippen molar-refractivity contribution in [2.24, 2.45) is 0 Å². The molecule has 6 rings (SSSR count). The van der Waals surface area contributed by atoms with Gasteiger partial charge in [0, 0.05) is 23.9 Å². The summed E-state index contributed by atoms with van der Waals surface area (Å²) in [4.78, 5) is 21.0. The van der Waals surface area contributed by atoms with Crippen LogP contribution in [0.2, 0.25) is 0 Å². The summed E-state index contributed by atoms with van der Waals surface area (Å²) < 4.78 is 19.9. The van der Waals surface area contributed by atoms with Crippen LogP contribution in [0.4, 0.5) is 9.18 Å². The van der Waals surface area contributed by atoms with Gasteiger partial charge in [0.05, 0.1) is 5.69 Å². The Balaban J connectivity index is 1.29. The third-order valence-corrected chi connectivity index (χ3v) is 7.95. The Bertz CT molecular complexity index is 1440. The molecule has 0 unspecified atom stereocenters. The first-order chi connectivity index (χ1) is 16.9. The molecule has 2 fully saturated rings. The van der Waals surface area contributed by atoms with E-state index < -0.39 is 23.8 Å². The second-order valence-corrected chi connectivity index (χ2v) is 10.1. The molecule has 178 valence electrons. The van der Waals surface area contributed by atoms with Gasteiger partial charge >= 0.3 is 6.16 Å². The van der Waals surface area contributed by atoms with E-state index >= 15 is 4.39 Å². The Kier molecular flexibility index (Phi) is 5.10. The summed E-state index contributed by atoms with van der Waals surface area (Å²) in [5.74, 6) is -0.513.